The average Bonchev–Trinajstić information content (AvgIpc) is 2.56. The molecule has 0 aromatic heterocycles. The van der Waals surface area contributed by atoms with Crippen LogP contribution in [0.4, 0.5) is 17.1 Å². The number of methoxy groups -OCH3 is 1. The molecule has 0 aliphatic rings. The maximum absolute atomic E-state index is 12.3. The van der Waals surface area contributed by atoms with Gasteiger partial charge in [0.15, 0.2) is 0 Å². The molecule has 1 atom stereocenters. The Morgan fingerprint density at radius 2 is 1.92 bits per heavy atom. The summed E-state index contributed by atoms with van der Waals surface area (Å²) < 4.78 is 6.07. The average molecular weight is 394 g/mol. The molecule has 0 aliphatic heterocycles. The first kappa shape index (κ1) is 17.7. The molecule has 0 saturated heterocycles. The van der Waals surface area contributed by atoms with Crippen LogP contribution in [0.15, 0.2) is 46.9 Å². The third-order valence-electron chi connectivity index (χ3n) is 3.27. The van der Waals surface area contributed by atoms with Crippen LogP contribution in [-0.2, 0) is 4.79 Å². The predicted molar refractivity (Wildman–Crippen MR) is 95.5 cm³/mol. The van der Waals surface area contributed by atoms with Gasteiger partial charge in [0, 0.05) is 22.3 Å². The van der Waals surface area contributed by atoms with E-state index in [9.17, 15) is 14.9 Å². The SMILES string of the molecule is COc1ccc([N+](=O)[O-])cc1NC(=O)[C@H](C)Nc1ccc(Br)cc1. The van der Waals surface area contributed by atoms with Crippen LogP contribution in [-0.4, -0.2) is 24.0 Å². The van der Waals surface area contributed by atoms with Gasteiger partial charge in [-0.1, -0.05) is 15.9 Å². The molecule has 0 unspecified atom stereocenters. The molecular weight excluding hydrogens is 378 g/mol. The van der Waals surface area contributed by atoms with Gasteiger partial charge in [-0.15, -0.1) is 0 Å². The summed E-state index contributed by atoms with van der Waals surface area (Å²) >= 11 is 3.34. The second-order valence-corrected chi connectivity index (χ2v) is 5.92. The number of nitrogens with zero attached hydrogens (tertiary/aromatic N) is 1. The summed E-state index contributed by atoms with van der Waals surface area (Å²) in [6.07, 6.45) is 0. The molecule has 0 spiro atoms. The number of halogens is 1. The van der Waals surface area contributed by atoms with Gasteiger partial charge in [-0.05, 0) is 37.3 Å². The maximum atomic E-state index is 12.3. The molecule has 2 rings (SSSR count). The number of benzene rings is 2. The van der Waals surface area contributed by atoms with Crippen molar-refractivity contribution in [2.75, 3.05) is 17.7 Å². The molecule has 8 heteroatoms. The minimum Gasteiger partial charge on any atom is -0.495 e. The molecule has 7 nitrogen and oxygen atoms in total. The molecule has 2 aromatic carbocycles. The number of hydrogen-bond donors (Lipinski definition) is 2. The summed E-state index contributed by atoms with van der Waals surface area (Å²) in [6.45, 7) is 1.70. The van der Waals surface area contributed by atoms with E-state index < -0.39 is 11.0 Å². The van der Waals surface area contributed by atoms with Crippen molar-refractivity contribution >= 4 is 38.9 Å². The lowest BCUT2D eigenvalue weighted by atomic mass is 10.2. The normalized spacial score (nSPS) is 11.5. The van der Waals surface area contributed by atoms with Crippen LogP contribution in [0.3, 0.4) is 0 Å². The van der Waals surface area contributed by atoms with Crippen LogP contribution in [0.1, 0.15) is 6.92 Å². The highest BCUT2D eigenvalue weighted by Gasteiger charge is 2.17. The molecule has 0 bridgehead atoms. The number of nitro benzene ring substituents is 1. The summed E-state index contributed by atoms with van der Waals surface area (Å²) in [6, 6.07) is 10.9. The van der Waals surface area contributed by atoms with E-state index in [1.165, 1.54) is 25.3 Å². The molecule has 0 fully saturated rings. The number of carbonyl (C=O) groups is 1. The second-order valence-electron chi connectivity index (χ2n) is 5.00. The van der Waals surface area contributed by atoms with Crippen molar-refractivity contribution in [2.45, 2.75) is 13.0 Å². The second kappa shape index (κ2) is 7.78. The number of carbonyl (C=O) groups excluding carboxylic acids is 1. The van der Waals surface area contributed by atoms with Gasteiger partial charge in [0.25, 0.3) is 5.69 Å². The molecule has 24 heavy (non-hydrogen) atoms. The molecule has 0 saturated carbocycles. The topological polar surface area (TPSA) is 93.5 Å². The zero-order valence-corrected chi connectivity index (χ0v) is 14.7. The van der Waals surface area contributed by atoms with Crippen LogP contribution in [0.5, 0.6) is 5.75 Å². The first-order chi connectivity index (χ1) is 11.4. The van der Waals surface area contributed by atoms with Crippen molar-refractivity contribution in [1.29, 1.82) is 0 Å². The van der Waals surface area contributed by atoms with Crippen LogP contribution >= 0.6 is 15.9 Å². The standard InChI is InChI=1S/C16H16BrN3O4/c1-10(18-12-5-3-11(17)4-6-12)16(21)19-14-9-13(20(22)23)7-8-15(14)24-2/h3-10,18H,1-2H3,(H,19,21)/t10-/m0/s1. The lowest BCUT2D eigenvalue weighted by Crippen LogP contribution is -2.32. The van der Waals surface area contributed by atoms with Gasteiger partial charge in [0.05, 0.1) is 17.7 Å². The zero-order chi connectivity index (χ0) is 17.7. The van der Waals surface area contributed by atoms with Crippen molar-refractivity contribution in [3.05, 3.63) is 57.1 Å². The van der Waals surface area contributed by atoms with Gasteiger partial charge in [-0.2, -0.15) is 0 Å². The van der Waals surface area contributed by atoms with Crippen molar-refractivity contribution in [3.63, 3.8) is 0 Å². The fourth-order valence-corrected chi connectivity index (χ4v) is 2.27. The summed E-state index contributed by atoms with van der Waals surface area (Å²) in [5.74, 6) is 0.0153. The van der Waals surface area contributed by atoms with E-state index in [0.29, 0.717) is 5.75 Å². The van der Waals surface area contributed by atoms with E-state index in [-0.39, 0.29) is 17.3 Å². The molecule has 126 valence electrons. The van der Waals surface area contributed by atoms with Gasteiger partial charge >= 0.3 is 0 Å². The number of rotatable bonds is 6. The Hall–Kier alpha value is -2.61. The van der Waals surface area contributed by atoms with E-state index in [4.69, 9.17) is 4.74 Å². The van der Waals surface area contributed by atoms with Gasteiger partial charge < -0.3 is 15.4 Å². The molecule has 0 heterocycles. The van der Waals surface area contributed by atoms with Gasteiger partial charge in [0.1, 0.15) is 11.8 Å². The van der Waals surface area contributed by atoms with Crippen LogP contribution < -0.4 is 15.4 Å². The van der Waals surface area contributed by atoms with E-state index in [0.717, 1.165) is 10.2 Å². The lowest BCUT2D eigenvalue weighted by Gasteiger charge is -2.16. The summed E-state index contributed by atoms with van der Waals surface area (Å²) in [7, 11) is 1.43. The number of hydrogen-bond acceptors (Lipinski definition) is 5. The van der Waals surface area contributed by atoms with Crippen molar-refractivity contribution in [3.8, 4) is 5.75 Å². The zero-order valence-electron chi connectivity index (χ0n) is 13.1. The number of amides is 1. The Kier molecular flexibility index (Phi) is 5.75. The van der Waals surface area contributed by atoms with Crippen LogP contribution in [0.2, 0.25) is 0 Å². The molecule has 0 radical (unpaired) electrons. The van der Waals surface area contributed by atoms with Crippen molar-refractivity contribution in [2.24, 2.45) is 0 Å². The van der Waals surface area contributed by atoms with Gasteiger partial charge in [-0.3, -0.25) is 14.9 Å². The maximum Gasteiger partial charge on any atom is 0.271 e. The Morgan fingerprint density at radius 1 is 1.25 bits per heavy atom. The minimum absolute atomic E-state index is 0.125. The Morgan fingerprint density at radius 3 is 2.50 bits per heavy atom. The van der Waals surface area contributed by atoms with Gasteiger partial charge in [-0.25, -0.2) is 0 Å². The molecule has 0 aliphatic carbocycles. The largest absolute Gasteiger partial charge is 0.495 e. The Labute approximate surface area is 147 Å². The Bertz CT molecular complexity index is 749. The monoisotopic (exact) mass is 393 g/mol. The highest BCUT2D eigenvalue weighted by molar-refractivity contribution is 9.10. The smallest absolute Gasteiger partial charge is 0.271 e. The number of nitro groups is 1. The molecule has 1 amide bonds. The van der Waals surface area contributed by atoms with Crippen molar-refractivity contribution < 1.29 is 14.5 Å². The first-order valence-corrected chi connectivity index (χ1v) is 7.85. The summed E-state index contributed by atoms with van der Waals surface area (Å²) in [5, 5.41) is 16.6. The summed E-state index contributed by atoms with van der Waals surface area (Å²) in [5.41, 5.74) is 0.910. The highest BCUT2D eigenvalue weighted by Crippen LogP contribution is 2.29. The number of ether oxygens (including phenoxy) is 1. The molecule has 2 N–H and O–H groups in total. The third-order valence-corrected chi connectivity index (χ3v) is 3.80. The minimum atomic E-state index is -0.546. The lowest BCUT2D eigenvalue weighted by molar-refractivity contribution is -0.384. The quantitative estimate of drug-likeness (QED) is 0.574. The van der Waals surface area contributed by atoms with E-state index >= 15 is 0 Å². The number of nitrogens with one attached hydrogen (secondary N) is 2. The fraction of sp³-hybridized carbons (Fsp3) is 0.188. The van der Waals surface area contributed by atoms with Crippen molar-refractivity contribution in [1.82, 2.24) is 0 Å². The molecular formula is C16H16BrN3O4. The summed E-state index contributed by atoms with van der Waals surface area (Å²) in [4.78, 5) is 22.7. The Balaban J connectivity index is 2.11. The van der Waals surface area contributed by atoms with E-state index in [2.05, 4.69) is 26.6 Å². The first-order valence-electron chi connectivity index (χ1n) is 7.06. The number of non-ortho nitro benzene ring substituents is 1. The van der Waals surface area contributed by atoms with Crippen LogP contribution in [0, 0.1) is 10.1 Å². The van der Waals surface area contributed by atoms with E-state index in [1.54, 1.807) is 6.92 Å². The van der Waals surface area contributed by atoms with Gasteiger partial charge in [0.2, 0.25) is 5.91 Å². The fourth-order valence-electron chi connectivity index (χ4n) is 2.01. The highest BCUT2D eigenvalue weighted by atomic mass is 79.9. The van der Waals surface area contributed by atoms with E-state index in [1.807, 2.05) is 24.3 Å². The third kappa shape index (κ3) is 4.45. The number of anilines is 2. The van der Waals surface area contributed by atoms with Crippen LogP contribution in [0.25, 0.3) is 0 Å². The predicted octanol–water partition coefficient (Wildman–Crippen LogP) is 3.81. The molecule has 2 aromatic rings.